The largest absolute Gasteiger partial charge is 0.497 e. The van der Waals surface area contributed by atoms with Gasteiger partial charge in [-0.05, 0) is 42.4 Å². The Morgan fingerprint density at radius 3 is 2.39 bits per heavy atom. The van der Waals surface area contributed by atoms with Crippen molar-refractivity contribution in [2.45, 2.75) is 12.1 Å². The molecule has 0 fully saturated rings. The quantitative estimate of drug-likeness (QED) is 0.823. The Morgan fingerprint density at radius 2 is 1.83 bits per heavy atom. The molecule has 0 aliphatic heterocycles. The SMILES string of the molecule is COc1ccc([C@H](CO)N(C)C[C@H](O)c2cccc(F)c2)cc1. The average molecular weight is 319 g/mol. The topological polar surface area (TPSA) is 52.9 Å². The third-order valence-electron chi connectivity index (χ3n) is 3.90. The predicted molar refractivity (Wildman–Crippen MR) is 86.8 cm³/mol. The molecule has 0 spiro atoms. The molecule has 2 aromatic rings. The summed E-state index contributed by atoms with van der Waals surface area (Å²) in [5.41, 5.74) is 1.44. The zero-order valence-corrected chi connectivity index (χ0v) is 13.3. The van der Waals surface area contributed by atoms with Gasteiger partial charge in [-0.2, -0.15) is 0 Å². The summed E-state index contributed by atoms with van der Waals surface area (Å²) in [6, 6.07) is 13.1. The summed E-state index contributed by atoms with van der Waals surface area (Å²) in [4.78, 5) is 1.84. The van der Waals surface area contributed by atoms with Crippen LogP contribution in [0, 0.1) is 5.82 Å². The van der Waals surface area contributed by atoms with E-state index < -0.39 is 6.10 Å². The third-order valence-corrected chi connectivity index (χ3v) is 3.90. The molecular formula is C18H22FNO3. The van der Waals surface area contributed by atoms with Crippen LogP contribution in [-0.4, -0.2) is 42.4 Å². The Balaban J connectivity index is 2.08. The Hall–Kier alpha value is -1.95. The lowest BCUT2D eigenvalue weighted by Gasteiger charge is -2.29. The van der Waals surface area contributed by atoms with Gasteiger partial charge in [0.05, 0.1) is 25.9 Å². The van der Waals surface area contributed by atoms with Gasteiger partial charge in [0.2, 0.25) is 0 Å². The maximum absolute atomic E-state index is 13.2. The van der Waals surface area contributed by atoms with Crippen molar-refractivity contribution < 1.29 is 19.3 Å². The van der Waals surface area contributed by atoms with Crippen LogP contribution >= 0.6 is 0 Å². The van der Waals surface area contributed by atoms with E-state index >= 15 is 0 Å². The number of ether oxygens (including phenoxy) is 1. The zero-order chi connectivity index (χ0) is 16.8. The molecule has 0 saturated carbocycles. The highest BCUT2D eigenvalue weighted by molar-refractivity contribution is 5.29. The lowest BCUT2D eigenvalue weighted by atomic mass is 10.0. The number of rotatable bonds is 7. The minimum atomic E-state index is -0.831. The first-order valence-electron chi connectivity index (χ1n) is 7.43. The third kappa shape index (κ3) is 4.51. The summed E-state index contributed by atoms with van der Waals surface area (Å²) in [5.74, 6) is 0.367. The van der Waals surface area contributed by atoms with Gasteiger partial charge in [-0.3, -0.25) is 4.90 Å². The van der Waals surface area contributed by atoms with Crippen molar-refractivity contribution in [1.82, 2.24) is 4.90 Å². The molecule has 0 aromatic heterocycles. The molecule has 5 heteroatoms. The van der Waals surface area contributed by atoms with Crippen LogP contribution in [0.4, 0.5) is 4.39 Å². The highest BCUT2D eigenvalue weighted by atomic mass is 19.1. The van der Waals surface area contributed by atoms with Crippen molar-refractivity contribution in [3.05, 3.63) is 65.5 Å². The summed E-state index contributed by atoms with van der Waals surface area (Å²) >= 11 is 0. The van der Waals surface area contributed by atoms with Gasteiger partial charge in [-0.15, -0.1) is 0 Å². The minimum absolute atomic E-state index is 0.0846. The molecule has 2 rings (SSSR count). The van der Waals surface area contributed by atoms with Crippen LogP contribution in [0.1, 0.15) is 23.3 Å². The highest BCUT2D eigenvalue weighted by Crippen LogP contribution is 2.24. The molecule has 0 amide bonds. The van der Waals surface area contributed by atoms with Gasteiger partial charge < -0.3 is 14.9 Å². The van der Waals surface area contributed by atoms with Gasteiger partial charge in [0.25, 0.3) is 0 Å². The summed E-state index contributed by atoms with van der Waals surface area (Å²) in [5, 5.41) is 20.0. The number of hydrogen-bond acceptors (Lipinski definition) is 4. The van der Waals surface area contributed by atoms with Gasteiger partial charge in [-0.25, -0.2) is 4.39 Å². The molecule has 124 valence electrons. The van der Waals surface area contributed by atoms with E-state index in [1.54, 1.807) is 19.2 Å². The molecule has 4 nitrogen and oxygen atoms in total. The Kier molecular flexibility index (Phi) is 6.10. The number of halogens is 1. The molecule has 2 N–H and O–H groups in total. The van der Waals surface area contributed by atoms with Gasteiger partial charge >= 0.3 is 0 Å². The summed E-state index contributed by atoms with van der Waals surface area (Å²) < 4.78 is 18.4. The Labute approximate surface area is 135 Å². The second kappa shape index (κ2) is 8.06. The maximum atomic E-state index is 13.2. The fourth-order valence-corrected chi connectivity index (χ4v) is 2.54. The van der Waals surface area contributed by atoms with Gasteiger partial charge in [-0.1, -0.05) is 24.3 Å². The van der Waals surface area contributed by atoms with Crippen molar-refractivity contribution in [3.8, 4) is 5.75 Å². The number of aliphatic hydroxyl groups excluding tert-OH is 2. The van der Waals surface area contributed by atoms with Crippen LogP contribution in [0.15, 0.2) is 48.5 Å². The van der Waals surface area contributed by atoms with Crippen molar-refractivity contribution in [2.75, 3.05) is 27.3 Å². The van der Waals surface area contributed by atoms with E-state index in [1.807, 2.05) is 36.2 Å². The van der Waals surface area contributed by atoms with Crippen molar-refractivity contribution in [3.63, 3.8) is 0 Å². The zero-order valence-electron chi connectivity index (χ0n) is 13.3. The standard InChI is InChI=1S/C18H22FNO3/c1-20(11-18(22)14-4-3-5-15(19)10-14)17(12-21)13-6-8-16(23-2)9-7-13/h3-10,17-18,21-22H,11-12H2,1-2H3/t17-,18-/m0/s1. The number of methoxy groups -OCH3 is 1. The molecular weight excluding hydrogens is 297 g/mol. The van der Waals surface area contributed by atoms with Crippen LogP contribution in [0.25, 0.3) is 0 Å². The molecule has 0 saturated heterocycles. The van der Waals surface area contributed by atoms with E-state index in [1.165, 1.54) is 12.1 Å². The maximum Gasteiger partial charge on any atom is 0.123 e. The first kappa shape index (κ1) is 17.4. The molecule has 0 aliphatic carbocycles. The van der Waals surface area contributed by atoms with E-state index in [2.05, 4.69) is 0 Å². The van der Waals surface area contributed by atoms with Crippen LogP contribution in [0.5, 0.6) is 5.75 Å². The molecule has 0 bridgehead atoms. The van der Waals surface area contributed by atoms with Gasteiger partial charge in [0.1, 0.15) is 11.6 Å². The molecule has 0 radical (unpaired) electrons. The number of benzene rings is 2. The number of hydrogen-bond donors (Lipinski definition) is 2. The van der Waals surface area contributed by atoms with Gasteiger partial charge in [0, 0.05) is 6.54 Å². The highest BCUT2D eigenvalue weighted by Gasteiger charge is 2.20. The number of aliphatic hydroxyl groups is 2. The molecule has 0 unspecified atom stereocenters. The summed E-state index contributed by atoms with van der Waals surface area (Å²) in [7, 11) is 3.41. The number of likely N-dealkylation sites (N-methyl/N-ethyl adjacent to an activating group) is 1. The predicted octanol–water partition coefficient (Wildman–Crippen LogP) is 2.53. The molecule has 0 heterocycles. The monoisotopic (exact) mass is 319 g/mol. The molecule has 2 atom stereocenters. The molecule has 2 aromatic carbocycles. The Bertz CT molecular complexity index is 618. The van der Waals surface area contributed by atoms with E-state index in [9.17, 15) is 14.6 Å². The number of nitrogens with zero attached hydrogens (tertiary/aromatic N) is 1. The summed E-state index contributed by atoms with van der Waals surface area (Å²) in [6.07, 6.45) is -0.831. The van der Waals surface area contributed by atoms with E-state index in [0.717, 1.165) is 11.3 Å². The van der Waals surface area contributed by atoms with Gasteiger partial charge in [0.15, 0.2) is 0 Å². The lowest BCUT2D eigenvalue weighted by Crippen LogP contribution is -2.31. The lowest BCUT2D eigenvalue weighted by molar-refractivity contribution is 0.0794. The molecule has 0 aliphatic rings. The second-order valence-electron chi connectivity index (χ2n) is 5.48. The van der Waals surface area contributed by atoms with Crippen molar-refractivity contribution >= 4 is 0 Å². The van der Waals surface area contributed by atoms with Crippen LogP contribution in [-0.2, 0) is 0 Å². The van der Waals surface area contributed by atoms with E-state index in [-0.39, 0.29) is 25.0 Å². The fraction of sp³-hybridized carbons (Fsp3) is 0.333. The first-order valence-corrected chi connectivity index (χ1v) is 7.43. The van der Waals surface area contributed by atoms with Crippen molar-refractivity contribution in [1.29, 1.82) is 0 Å². The smallest absolute Gasteiger partial charge is 0.123 e. The van der Waals surface area contributed by atoms with Crippen LogP contribution in [0.3, 0.4) is 0 Å². The van der Waals surface area contributed by atoms with E-state index in [4.69, 9.17) is 4.74 Å². The average Bonchev–Trinajstić information content (AvgIpc) is 2.56. The fourth-order valence-electron chi connectivity index (χ4n) is 2.54. The molecule has 23 heavy (non-hydrogen) atoms. The van der Waals surface area contributed by atoms with Crippen LogP contribution in [0.2, 0.25) is 0 Å². The van der Waals surface area contributed by atoms with Crippen LogP contribution < -0.4 is 4.74 Å². The summed E-state index contributed by atoms with van der Waals surface area (Å²) in [6.45, 7) is 0.194. The van der Waals surface area contributed by atoms with Crippen molar-refractivity contribution in [2.24, 2.45) is 0 Å². The minimum Gasteiger partial charge on any atom is -0.497 e. The normalized spacial score (nSPS) is 13.8. The second-order valence-corrected chi connectivity index (χ2v) is 5.48. The van der Waals surface area contributed by atoms with E-state index in [0.29, 0.717) is 5.56 Å². The first-order chi connectivity index (χ1) is 11.0. The Morgan fingerprint density at radius 1 is 1.13 bits per heavy atom.